The van der Waals surface area contributed by atoms with Crippen LogP contribution in [0.3, 0.4) is 0 Å². The van der Waals surface area contributed by atoms with Crippen molar-refractivity contribution in [3.05, 3.63) is 41.0 Å². The van der Waals surface area contributed by atoms with Gasteiger partial charge < -0.3 is 5.32 Å². The van der Waals surface area contributed by atoms with Crippen molar-refractivity contribution in [3.8, 4) is 0 Å². The summed E-state index contributed by atoms with van der Waals surface area (Å²) in [5.41, 5.74) is 0.994. The Bertz CT molecular complexity index is 799. The molecule has 1 aromatic heterocycles. The van der Waals surface area contributed by atoms with Crippen molar-refractivity contribution in [2.45, 2.75) is 63.3 Å². The Hall–Kier alpha value is -1.46. The third-order valence-electron chi connectivity index (χ3n) is 5.38. The number of carbonyl (C=O) groups excluding carboxylic acids is 1. The molecule has 1 saturated carbocycles. The van der Waals surface area contributed by atoms with Gasteiger partial charge in [-0.3, -0.25) is 9.48 Å². The molecular formula is C22H30ClN3OS. The zero-order valence-electron chi connectivity index (χ0n) is 17.0. The maximum atomic E-state index is 13.2. The number of rotatable bonds is 8. The summed E-state index contributed by atoms with van der Waals surface area (Å²) in [6, 6.07) is 7.91. The molecule has 28 heavy (non-hydrogen) atoms. The Morgan fingerprint density at radius 3 is 2.71 bits per heavy atom. The van der Waals surface area contributed by atoms with Crippen LogP contribution in [-0.4, -0.2) is 21.9 Å². The molecule has 1 unspecified atom stereocenters. The van der Waals surface area contributed by atoms with Crippen LogP contribution in [0.5, 0.6) is 0 Å². The topological polar surface area (TPSA) is 46.9 Å². The first-order valence-corrected chi connectivity index (χ1v) is 11.7. The first kappa shape index (κ1) is 21.3. The van der Waals surface area contributed by atoms with E-state index in [1.165, 1.54) is 25.7 Å². The predicted octanol–water partition coefficient (Wildman–Crippen LogP) is 6.22. The van der Waals surface area contributed by atoms with Crippen LogP contribution in [0.4, 0.5) is 5.82 Å². The molecule has 0 radical (unpaired) electrons. The molecule has 4 nitrogen and oxygen atoms in total. The number of hydrogen-bond donors (Lipinski definition) is 1. The number of thioether (sulfide) groups is 1. The molecule has 1 N–H and O–H groups in total. The standard InChI is InChI=1S/C22H30ClN3OS/c1-15(2)14-26-11-10-21(25-26)24-22(27)18(12-16-6-4-5-7-16)17-8-9-20(28-3)19(23)13-17/h8-11,13,15-16,18H,4-7,12,14H2,1-3H3,(H,24,25,27). The molecule has 1 atom stereocenters. The molecule has 1 fully saturated rings. The minimum absolute atomic E-state index is 0.00895. The van der Waals surface area contributed by atoms with E-state index in [0.29, 0.717) is 17.7 Å². The largest absolute Gasteiger partial charge is 0.309 e. The third-order valence-corrected chi connectivity index (χ3v) is 6.60. The van der Waals surface area contributed by atoms with Gasteiger partial charge in [-0.05, 0) is 42.2 Å². The molecule has 3 rings (SSSR count). The van der Waals surface area contributed by atoms with Gasteiger partial charge in [0.2, 0.25) is 5.91 Å². The fourth-order valence-corrected chi connectivity index (χ4v) is 4.87. The average Bonchev–Trinajstić information content (AvgIpc) is 3.31. The lowest BCUT2D eigenvalue weighted by Gasteiger charge is -2.21. The van der Waals surface area contributed by atoms with E-state index < -0.39 is 0 Å². The molecule has 1 aromatic carbocycles. The fraction of sp³-hybridized carbons (Fsp3) is 0.545. The molecule has 1 heterocycles. The Balaban J connectivity index is 1.78. The lowest BCUT2D eigenvalue weighted by molar-refractivity contribution is -0.118. The van der Waals surface area contributed by atoms with Crippen molar-refractivity contribution in [2.75, 3.05) is 11.6 Å². The first-order valence-electron chi connectivity index (χ1n) is 10.1. The van der Waals surface area contributed by atoms with Crippen molar-refractivity contribution < 1.29 is 4.79 Å². The molecule has 2 aromatic rings. The van der Waals surface area contributed by atoms with Gasteiger partial charge >= 0.3 is 0 Å². The van der Waals surface area contributed by atoms with E-state index in [1.807, 2.05) is 41.4 Å². The average molecular weight is 420 g/mol. The molecule has 0 spiro atoms. The van der Waals surface area contributed by atoms with Crippen molar-refractivity contribution in [2.24, 2.45) is 11.8 Å². The summed E-state index contributed by atoms with van der Waals surface area (Å²) in [4.78, 5) is 14.2. The van der Waals surface area contributed by atoms with Crippen LogP contribution in [0.15, 0.2) is 35.4 Å². The monoisotopic (exact) mass is 419 g/mol. The highest BCUT2D eigenvalue weighted by atomic mass is 35.5. The normalized spacial score (nSPS) is 15.9. The quantitative estimate of drug-likeness (QED) is 0.517. The van der Waals surface area contributed by atoms with E-state index in [-0.39, 0.29) is 11.8 Å². The zero-order chi connectivity index (χ0) is 20.1. The highest BCUT2D eigenvalue weighted by molar-refractivity contribution is 7.98. The lowest BCUT2D eigenvalue weighted by atomic mass is 9.87. The number of carbonyl (C=O) groups is 1. The van der Waals surface area contributed by atoms with Gasteiger partial charge in [0.15, 0.2) is 5.82 Å². The number of nitrogens with one attached hydrogen (secondary N) is 1. The van der Waals surface area contributed by atoms with Crippen LogP contribution in [0, 0.1) is 11.8 Å². The van der Waals surface area contributed by atoms with Crippen LogP contribution >= 0.6 is 23.4 Å². The van der Waals surface area contributed by atoms with Crippen LogP contribution < -0.4 is 5.32 Å². The minimum Gasteiger partial charge on any atom is -0.309 e. The van der Waals surface area contributed by atoms with Gasteiger partial charge in [0.25, 0.3) is 0 Å². The third kappa shape index (κ3) is 5.54. The van der Waals surface area contributed by atoms with E-state index in [4.69, 9.17) is 11.6 Å². The molecule has 6 heteroatoms. The highest BCUT2D eigenvalue weighted by Crippen LogP contribution is 2.37. The number of benzene rings is 1. The van der Waals surface area contributed by atoms with Gasteiger partial charge in [-0.1, -0.05) is 57.2 Å². The second kappa shape index (κ2) is 9.84. The fourth-order valence-electron chi connectivity index (χ4n) is 3.99. The molecule has 1 aliphatic rings. The van der Waals surface area contributed by atoms with E-state index in [1.54, 1.807) is 11.8 Å². The number of nitrogens with zero attached hydrogens (tertiary/aromatic N) is 2. The second-order valence-corrected chi connectivity index (χ2v) is 9.39. The molecule has 0 saturated heterocycles. The number of amides is 1. The van der Waals surface area contributed by atoms with Gasteiger partial charge in [-0.15, -0.1) is 11.8 Å². The summed E-state index contributed by atoms with van der Waals surface area (Å²) in [7, 11) is 0. The molecule has 0 aliphatic heterocycles. The van der Waals surface area contributed by atoms with E-state index >= 15 is 0 Å². The smallest absolute Gasteiger partial charge is 0.233 e. The number of aromatic nitrogens is 2. The van der Waals surface area contributed by atoms with Crippen molar-refractivity contribution in [3.63, 3.8) is 0 Å². The van der Waals surface area contributed by atoms with Crippen LogP contribution in [0.1, 0.15) is 57.4 Å². The molecule has 1 aliphatic carbocycles. The Morgan fingerprint density at radius 1 is 1.32 bits per heavy atom. The van der Waals surface area contributed by atoms with Crippen LogP contribution in [0.2, 0.25) is 5.02 Å². The van der Waals surface area contributed by atoms with Gasteiger partial charge in [-0.2, -0.15) is 5.10 Å². The van der Waals surface area contributed by atoms with Crippen LogP contribution in [0.25, 0.3) is 0 Å². The summed E-state index contributed by atoms with van der Waals surface area (Å²) in [5, 5.41) is 8.25. The van der Waals surface area contributed by atoms with Crippen LogP contribution in [-0.2, 0) is 11.3 Å². The number of halogens is 1. The Morgan fingerprint density at radius 2 is 2.07 bits per heavy atom. The minimum atomic E-state index is -0.202. The molecule has 0 bridgehead atoms. The maximum Gasteiger partial charge on any atom is 0.233 e. The van der Waals surface area contributed by atoms with Gasteiger partial charge in [0.1, 0.15) is 0 Å². The molecule has 1 amide bonds. The summed E-state index contributed by atoms with van der Waals surface area (Å²) in [6.07, 6.45) is 9.76. The molecule has 152 valence electrons. The Kier molecular flexibility index (Phi) is 7.47. The van der Waals surface area contributed by atoms with E-state index in [0.717, 1.165) is 28.4 Å². The van der Waals surface area contributed by atoms with Crippen molar-refractivity contribution in [1.29, 1.82) is 0 Å². The summed E-state index contributed by atoms with van der Waals surface area (Å²) in [5.74, 6) is 1.54. The first-order chi connectivity index (χ1) is 13.5. The number of hydrogen-bond acceptors (Lipinski definition) is 3. The maximum absolute atomic E-state index is 13.2. The SMILES string of the molecule is CSc1ccc(C(CC2CCCC2)C(=O)Nc2ccn(CC(C)C)n2)cc1Cl. The lowest BCUT2D eigenvalue weighted by Crippen LogP contribution is -2.23. The van der Waals surface area contributed by atoms with E-state index in [9.17, 15) is 4.79 Å². The molecular weight excluding hydrogens is 390 g/mol. The van der Waals surface area contributed by atoms with Gasteiger partial charge in [-0.25, -0.2) is 0 Å². The zero-order valence-corrected chi connectivity index (χ0v) is 18.5. The Labute approximate surface area is 177 Å². The van der Waals surface area contributed by atoms with Gasteiger partial charge in [0, 0.05) is 23.7 Å². The van der Waals surface area contributed by atoms with E-state index in [2.05, 4.69) is 24.3 Å². The highest BCUT2D eigenvalue weighted by Gasteiger charge is 2.27. The summed E-state index contributed by atoms with van der Waals surface area (Å²) in [6.45, 7) is 5.15. The van der Waals surface area contributed by atoms with Crippen molar-refractivity contribution in [1.82, 2.24) is 9.78 Å². The summed E-state index contributed by atoms with van der Waals surface area (Å²) >= 11 is 8.06. The second-order valence-electron chi connectivity index (χ2n) is 8.14. The number of anilines is 1. The summed E-state index contributed by atoms with van der Waals surface area (Å²) < 4.78 is 1.89. The van der Waals surface area contributed by atoms with Gasteiger partial charge in [0.05, 0.1) is 10.9 Å². The predicted molar refractivity (Wildman–Crippen MR) is 118 cm³/mol. The van der Waals surface area contributed by atoms with Crippen molar-refractivity contribution >= 4 is 35.1 Å².